The highest BCUT2D eigenvalue weighted by Gasteiger charge is 2.00. The molecule has 0 radical (unpaired) electrons. The Kier molecular flexibility index (Phi) is 7.91. The molecule has 0 aliphatic heterocycles. The summed E-state index contributed by atoms with van der Waals surface area (Å²) in [6.45, 7) is 7.74. The molecule has 0 unspecified atom stereocenters. The lowest BCUT2D eigenvalue weighted by Crippen LogP contribution is -2.17. The van der Waals surface area contributed by atoms with Gasteiger partial charge in [0.15, 0.2) is 0 Å². The summed E-state index contributed by atoms with van der Waals surface area (Å²) < 4.78 is 6.53. The minimum atomic E-state index is 0.611. The Bertz CT molecular complexity index is 358. The standard InChI is InChI=1S/C14H21BrClNO/c1-11(2)10-18-7-3-6-17-9-12-4-5-13(15)8-14(12)16/h4-5,8,11,17H,3,6-7,9-10H2,1-2H3. The number of benzene rings is 1. The van der Waals surface area contributed by atoms with Crippen molar-refractivity contribution in [2.24, 2.45) is 5.92 Å². The molecule has 0 aliphatic rings. The molecule has 0 amide bonds. The lowest BCUT2D eigenvalue weighted by Gasteiger charge is -2.08. The van der Waals surface area contributed by atoms with E-state index < -0.39 is 0 Å². The minimum Gasteiger partial charge on any atom is -0.381 e. The predicted molar refractivity (Wildman–Crippen MR) is 81.1 cm³/mol. The van der Waals surface area contributed by atoms with Crippen molar-refractivity contribution in [2.45, 2.75) is 26.8 Å². The molecular weight excluding hydrogens is 314 g/mol. The number of nitrogens with one attached hydrogen (secondary N) is 1. The molecule has 1 rings (SSSR count). The van der Waals surface area contributed by atoms with E-state index in [1.165, 1.54) is 0 Å². The van der Waals surface area contributed by atoms with Crippen LogP contribution >= 0.6 is 27.5 Å². The molecule has 0 saturated heterocycles. The van der Waals surface area contributed by atoms with Crippen LogP contribution in [-0.2, 0) is 11.3 Å². The molecule has 0 bridgehead atoms. The van der Waals surface area contributed by atoms with Gasteiger partial charge < -0.3 is 10.1 Å². The second-order valence-electron chi connectivity index (χ2n) is 4.73. The summed E-state index contributed by atoms with van der Waals surface area (Å²) >= 11 is 9.53. The number of ether oxygens (including phenoxy) is 1. The quantitative estimate of drug-likeness (QED) is 0.717. The second kappa shape index (κ2) is 8.92. The van der Waals surface area contributed by atoms with E-state index in [9.17, 15) is 0 Å². The second-order valence-corrected chi connectivity index (χ2v) is 6.06. The van der Waals surface area contributed by atoms with Gasteiger partial charge in [0.2, 0.25) is 0 Å². The van der Waals surface area contributed by atoms with Crippen LogP contribution in [0, 0.1) is 5.92 Å². The van der Waals surface area contributed by atoms with E-state index in [1.807, 2.05) is 18.2 Å². The smallest absolute Gasteiger partial charge is 0.0489 e. The Morgan fingerprint density at radius 2 is 2.17 bits per heavy atom. The van der Waals surface area contributed by atoms with E-state index >= 15 is 0 Å². The van der Waals surface area contributed by atoms with E-state index in [4.69, 9.17) is 16.3 Å². The molecule has 102 valence electrons. The maximum absolute atomic E-state index is 6.13. The Balaban J connectivity index is 2.11. The molecule has 2 nitrogen and oxygen atoms in total. The van der Waals surface area contributed by atoms with Gasteiger partial charge in [-0.3, -0.25) is 0 Å². The van der Waals surface area contributed by atoms with Gasteiger partial charge in [-0.15, -0.1) is 0 Å². The molecule has 1 aromatic carbocycles. The normalized spacial score (nSPS) is 11.2. The topological polar surface area (TPSA) is 21.3 Å². The molecular formula is C14H21BrClNO. The van der Waals surface area contributed by atoms with Crippen LogP contribution in [0.2, 0.25) is 5.02 Å². The van der Waals surface area contributed by atoms with Crippen molar-refractivity contribution in [1.29, 1.82) is 0 Å². The molecule has 0 aliphatic carbocycles. The summed E-state index contributed by atoms with van der Waals surface area (Å²) in [5.74, 6) is 0.611. The first-order valence-electron chi connectivity index (χ1n) is 6.32. The van der Waals surface area contributed by atoms with E-state index in [2.05, 4.69) is 35.1 Å². The SMILES string of the molecule is CC(C)COCCCNCc1ccc(Br)cc1Cl. The molecule has 0 saturated carbocycles. The Labute approximate surface area is 123 Å². The summed E-state index contributed by atoms with van der Waals surface area (Å²) in [4.78, 5) is 0. The first-order chi connectivity index (χ1) is 8.59. The first-order valence-corrected chi connectivity index (χ1v) is 7.49. The predicted octanol–water partition coefficient (Wildman–Crippen LogP) is 4.25. The first kappa shape index (κ1) is 16.0. The van der Waals surface area contributed by atoms with E-state index in [1.54, 1.807) is 0 Å². The van der Waals surface area contributed by atoms with E-state index in [0.29, 0.717) is 5.92 Å². The summed E-state index contributed by atoms with van der Waals surface area (Å²) in [5, 5.41) is 4.17. The average molecular weight is 335 g/mol. The molecule has 0 fully saturated rings. The third kappa shape index (κ3) is 6.74. The highest BCUT2D eigenvalue weighted by Crippen LogP contribution is 2.20. The number of rotatable bonds is 8. The van der Waals surface area contributed by atoms with Crippen LogP contribution in [0.1, 0.15) is 25.8 Å². The molecule has 1 aromatic rings. The zero-order valence-electron chi connectivity index (χ0n) is 11.0. The number of halogens is 2. The van der Waals surface area contributed by atoms with Crippen LogP contribution < -0.4 is 5.32 Å². The third-order valence-electron chi connectivity index (χ3n) is 2.42. The summed E-state index contributed by atoms with van der Waals surface area (Å²) in [6, 6.07) is 5.97. The van der Waals surface area contributed by atoms with Crippen molar-refractivity contribution >= 4 is 27.5 Å². The third-order valence-corrected chi connectivity index (χ3v) is 3.27. The zero-order valence-corrected chi connectivity index (χ0v) is 13.4. The molecule has 0 atom stereocenters. The van der Waals surface area contributed by atoms with Crippen LogP contribution in [0.25, 0.3) is 0 Å². The monoisotopic (exact) mass is 333 g/mol. The largest absolute Gasteiger partial charge is 0.381 e. The van der Waals surface area contributed by atoms with Crippen molar-refractivity contribution in [3.63, 3.8) is 0 Å². The lowest BCUT2D eigenvalue weighted by molar-refractivity contribution is 0.108. The maximum atomic E-state index is 6.13. The highest BCUT2D eigenvalue weighted by molar-refractivity contribution is 9.10. The summed E-state index contributed by atoms with van der Waals surface area (Å²) in [6.07, 6.45) is 1.03. The number of hydrogen-bond donors (Lipinski definition) is 1. The Morgan fingerprint density at radius 1 is 1.39 bits per heavy atom. The van der Waals surface area contributed by atoms with Crippen LogP contribution in [0.3, 0.4) is 0 Å². The van der Waals surface area contributed by atoms with Gasteiger partial charge in [-0.2, -0.15) is 0 Å². The lowest BCUT2D eigenvalue weighted by atomic mass is 10.2. The maximum Gasteiger partial charge on any atom is 0.0489 e. The van der Waals surface area contributed by atoms with Crippen molar-refractivity contribution in [1.82, 2.24) is 5.32 Å². The minimum absolute atomic E-state index is 0.611. The van der Waals surface area contributed by atoms with E-state index in [0.717, 1.165) is 47.8 Å². The Hall–Kier alpha value is -0.0900. The molecule has 0 heterocycles. The fraction of sp³-hybridized carbons (Fsp3) is 0.571. The van der Waals surface area contributed by atoms with Crippen molar-refractivity contribution < 1.29 is 4.74 Å². The van der Waals surface area contributed by atoms with Gasteiger partial charge in [-0.1, -0.05) is 47.4 Å². The van der Waals surface area contributed by atoms with Gasteiger partial charge >= 0.3 is 0 Å². The van der Waals surface area contributed by atoms with Crippen LogP contribution in [0.15, 0.2) is 22.7 Å². The van der Waals surface area contributed by atoms with Gasteiger partial charge in [-0.05, 0) is 36.6 Å². The van der Waals surface area contributed by atoms with Gasteiger partial charge in [0.25, 0.3) is 0 Å². The fourth-order valence-electron chi connectivity index (χ4n) is 1.51. The number of hydrogen-bond acceptors (Lipinski definition) is 2. The molecule has 1 N–H and O–H groups in total. The molecule has 4 heteroatoms. The van der Waals surface area contributed by atoms with Gasteiger partial charge in [0.05, 0.1) is 0 Å². The van der Waals surface area contributed by atoms with Gasteiger partial charge in [-0.25, -0.2) is 0 Å². The van der Waals surface area contributed by atoms with Crippen LogP contribution in [0.5, 0.6) is 0 Å². The highest BCUT2D eigenvalue weighted by atomic mass is 79.9. The summed E-state index contributed by atoms with van der Waals surface area (Å²) in [5.41, 5.74) is 1.13. The molecule has 18 heavy (non-hydrogen) atoms. The van der Waals surface area contributed by atoms with Crippen molar-refractivity contribution in [2.75, 3.05) is 19.8 Å². The molecule has 0 aromatic heterocycles. The van der Waals surface area contributed by atoms with Crippen molar-refractivity contribution in [3.8, 4) is 0 Å². The van der Waals surface area contributed by atoms with E-state index in [-0.39, 0.29) is 0 Å². The molecule has 0 spiro atoms. The van der Waals surface area contributed by atoms with Crippen LogP contribution in [0.4, 0.5) is 0 Å². The average Bonchev–Trinajstić information content (AvgIpc) is 2.30. The Morgan fingerprint density at radius 3 is 2.83 bits per heavy atom. The zero-order chi connectivity index (χ0) is 13.4. The fourth-order valence-corrected chi connectivity index (χ4v) is 2.25. The van der Waals surface area contributed by atoms with Crippen molar-refractivity contribution in [3.05, 3.63) is 33.3 Å². The van der Waals surface area contributed by atoms with Gasteiger partial charge in [0, 0.05) is 29.3 Å². The van der Waals surface area contributed by atoms with Crippen LogP contribution in [-0.4, -0.2) is 19.8 Å². The summed E-state index contributed by atoms with van der Waals surface area (Å²) in [7, 11) is 0. The van der Waals surface area contributed by atoms with Gasteiger partial charge in [0.1, 0.15) is 0 Å².